The van der Waals surface area contributed by atoms with Crippen LogP contribution in [0.25, 0.3) is 43.1 Å². The van der Waals surface area contributed by atoms with Crippen LogP contribution in [0.3, 0.4) is 0 Å². The molecule has 0 N–H and O–H groups in total. The molecule has 6 nitrogen and oxygen atoms in total. The molecule has 0 unspecified atom stereocenters. The Morgan fingerprint density at radius 2 is 0.582 bits per heavy atom. The lowest BCUT2D eigenvalue weighted by Crippen LogP contribution is -2.46. The monoisotopic (exact) mass is 760 g/mol. The van der Waals surface area contributed by atoms with E-state index in [0.717, 1.165) is 65.3 Å². The van der Waals surface area contributed by atoms with Crippen LogP contribution in [0.15, 0.2) is 170 Å². The lowest BCUT2D eigenvalue weighted by molar-refractivity contribution is -0.0702. The van der Waals surface area contributed by atoms with Gasteiger partial charge in [-0.3, -0.25) is 9.13 Å². The Balaban J connectivity index is 1.00. The maximum absolute atomic E-state index is 15.3. The summed E-state index contributed by atoms with van der Waals surface area (Å²) < 4.78 is 56.7. The Morgan fingerprint density at radius 1 is 0.345 bits per heavy atom. The Labute approximate surface area is 319 Å². The minimum absolute atomic E-state index is 0.0590. The maximum Gasteiger partial charge on any atom is 0.342 e. The normalized spacial score (nSPS) is 23.0. The van der Waals surface area contributed by atoms with Crippen LogP contribution in [0.2, 0.25) is 0 Å². The number of hydrogen-bond donors (Lipinski definition) is 0. The van der Waals surface area contributed by atoms with Crippen LogP contribution < -0.4 is 0 Å². The van der Waals surface area contributed by atoms with Crippen molar-refractivity contribution in [2.24, 2.45) is 5.41 Å². The smallest absolute Gasteiger partial charge is 0.307 e. The molecule has 272 valence electrons. The molecule has 8 aromatic carbocycles. The Kier molecular flexibility index (Phi) is 8.61. The quantitative estimate of drug-likeness (QED) is 0.157. The molecule has 0 amide bonds. The van der Waals surface area contributed by atoms with Crippen molar-refractivity contribution in [3.05, 3.63) is 192 Å². The van der Waals surface area contributed by atoms with E-state index in [4.69, 9.17) is 18.1 Å². The van der Waals surface area contributed by atoms with E-state index in [2.05, 4.69) is 72.8 Å². The van der Waals surface area contributed by atoms with E-state index in [9.17, 15) is 0 Å². The highest BCUT2D eigenvalue weighted by Gasteiger charge is 2.54. The van der Waals surface area contributed by atoms with Crippen LogP contribution in [-0.2, 0) is 27.2 Å². The molecule has 2 saturated heterocycles. The van der Waals surface area contributed by atoms with Crippen molar-refractivity contribution in [3.63, 3.8) is 0 Å². The van der Waals surface area contributed by atoms with E-state index in [0.29, 0.717) is 0 Å². The van der Waals surface area contributed by atoms with Crippen LogP contribution >= 0.6 is 15.2 Å². The van der Waals surface area contributed by atoms with Gasteiger partial charge < -0.3 is 18.1 Å². The highest BCUT2D eigenvalue weighted by atomic mass is 31.2. The zero-order valence-electron chi connectivity index (χ0n) is 30.0. The number of rotatable bonds is 6. The van der Waals surface area contributed by atoms with Gasteiger partial charge in [0.25, 0.3) is 0 Å². The molecule has 55 heavy (non-hydrogen) atoms. The van der Waals surface area contributed by atoms with Gasteiger partial charge in [0.15, 0.2) is 0 Å². The van der Waals surface area contributed by atoms with E-state index in [1.165, 1.54) is 0 Å². The van der Waals surface area contributed by atoms with Gasteiger partial charge in [0.1, 0.15) is 11.3 Å². The molecule has 8 aromatic rings. The molecule has 10 rings (SSSR count). The third-order valence-electron chi connectivity index (χ3n) is 11.3. The lowest BCUT2D eigenvalue weighted by Gasteiger charge is -2.45. The van der Waals surface area contributed by atoms with Gasteiger partial charge in [-0.15, -0.1) is 0 Å². The first-order chi connectivity index (χ1) is 26.9. The van der Waals surface area contributed by atoms with Crippen molar-refractivity contribution in [2.75, 3.05) is 26.4 Å². The van der Waals surface area contributed by atoms with Gasteiger partial charge in [-0.25, -0.2) is 0 Å². The number of benzene rings is 8. The van der Waals surface area contributed by atoms with Crippen molar-refractivity contribution < 1.29 is 27.2 Å². The molecule has 0 aliphatic carbocycles. The fourth-order valence-corrected chi connectivity index (χ4v) is 13.3. The first-order valence-corrected chi connectivity index (χ1v) is 21.8. The minimum Gasteiger partial charge on any atom is -0.307 e. The molecule has 2 aliphatic heterocycles. The Hall–Kier alpha value is -4.90. The van der Waals surface area contributed by atoms with Crippen LogP contribution in [-0.4, -0.2) is 26.4 Å². The maximum atomic E-state index is 15.3. The molecule has 0 saturated carbocycles. The van der Waals surface area contributed by atoms with Crippen LogP contribution in [0.1, 0.15) is 33.6 Å². The molecule has 1 spiro atoms. The zero-order chi connectivity index (χ0) is 37.0. The molecule has 0 radical (unpaired) electrons. The third-order valence-corrected chi connectivity index (χ3v) is 15.6. The van der Waals surface area contributed by atoms with Crippen LogP contribution in [0.4, 0.5) is 0 Å². The highest BCUT2D eigenvalue weighted by molar-refractivity contribution is 7.55. The topological polar surface area (TPSA) is 71.1 Å². The van der Waals surface area contributed by atoms with Crippen molar-refractivity contribution in [2.45, 2.75) is 11.3 Å². The summed E-state index contributed by atoms with van der Waals surface area (Å²) in [5.41, 5.74) is 1.31. The molecule has 2 fully saturated rings. The van der Waals surface area contributed by atoms with E-state index >= 15 is 9.13 Å². The average molecular weight is 761 g/mol. The summed E-state index contributed by atoms with van der Waals surface area (Å²) in [5.74, 6) is 0. The average Bonchev–Trinajstić information content (AvgIpc) is 3.24. The van der Waals surface area contributed by atoms with Gasteiger partial charge in [-0.2, -0.15) is 0 Å². The molecular formula is C47H38O6P2. The molecule has 8 heteroatoms. The van der Waals surface area contributed by atoms with Gasteiger partial charge in [0.05, 0.1) is 31.8 Å². The molecule has 0 bridgehead atoms. The Morgan fingerprint density at radius 3 is 0.855 bits per heavy atom. The van der Waals surface area contributed by atoms with Gasteiger partial charge in [0.2, 0.25) is 0 Å². The van der Waals surface area contributed by atoms with Gasteiger partial charge in [-0.05, 0) is 65.3 Å². The van der Waals surface area contributed by atoms with E-state index in [1.807, 2.05) is 97.1 Å². The molecular weight excluding hydrogens is 722 g/mol. The van der Waals surface area contributed by atoms with Crippen LogP contribution in [0, 0.1) is 5.41 Å². The van der Waals surface area contributed by atoms with Gasteiger partial charge in [-0.1, -0.05) is 170 Å². The molecule has 0 aromatic heterocycles. The second kappa shape index (κ2) is 13.7. The minimum atomic E-state index is -3.85. The predicted molar refractivity (Wildman–Crippen MR) is 221 cm³/mol. The van der Waals surface area contributed by atoms with Crippen molar-refractivity contribution in [1.82, 2.24) is 0 Å². The molecule has 2 aliphatic rings. The second-order valence-electron chi connectivity index (χ2n) is 14.8. The standard InChI is InChI=1S/C47H38O6P2/c48-54(45(41-25-9-17-33-13-1-5-21-37(33)41)42-26-10-18-34-14-2-6-22-38(34)42)50-29-47(30-51-54)31-52-55(49,53-32-47)46(43-27-11-19-35-15-3-7-23-39(35)43)44-28-12-20-36-16-4-8-24-40(36)44/h1-28,45-46H,29-32H2. The van der Waals surface area contributed by atoms with Crippen LogP contribution in [0.5, 0.6) is 0 Å². The lowest BCUT2D eigenvalue weighted by atomic mass is 9.93. The van der Waals surface area contributed by atoms with Gasteiger partial charge in [0, 0.05) is 0 Å². The van der Waals surface area contributed by atoms with E-state index in [-0.39, 0.29) is 26.4 Å². The summed E-state index contributed by atoms with van der Waals surface area (Å²) in [6, 6.07) is 56.8. The van der Waals surface area contributed by atoms with Gasteiger partial charge >= 0.3 is 15.2 Å². The summed E-state index contributed by atoms with van der Waals surface area (Å²) in [6.07, 6.45) is 0. The summed E-state index contributed by atoms with van der Waals surface area (Å²) in [6.45, 7) is 0.236. The second-order valence-corrected chi connectivity index (χ2v) is 19.0. The fraction of sp³-hybridized carbons (Fsp3) is 0.149. The summed E-state index contributed by atoms with van der Waals surface area (Å²) in [4.78, 5) is 0. The Bertz CT molecular complexity index is 2450. The highest BCUT2D eigenvalue weighted by Crippen LogP contribution is 2.71. The third kappa shape index (κ3) is 5.97. The predicted octanol–water partition coefficient (Wildman–Crippen LogP) is 12.6. The first kappa shape index (κ1) is 34.6. The summed E-state index contributed by atoms with van der Waals surface area (Å²) >= 11 is 0. The van der Waals surface area contributed by atoms with Crippen molar-refractivity contribution >= 4 is 58.3 Å². The fourth-order valence-electron chi connectivity index (χ4n) is 8.50. The summed E-state index contributed by atoms with van der Waals surface area (Å²) in [7, 11) is -7.70. The number of fused-ring (bicyclic) bond motifs is 4. The molecule has 0 atom stereocenters. The SMILES string of the molecule is O=P1(C(c2cccc3ccccc23)c2cccc3ccccc23)OCC2(CO1)COP(=O)(C(c1cccc3ccccc13)c1cccc3ccccc13)OC2. The summed E-state index contributed by atoms with van der Waals surface area (Å²) in [5, 5.41) is 8.13. The molecule has 2 heterocycles. The number of hydrogen-bond acceptors (Lipinski definition) is 6. The largest absolute Gasteiger partial charge is 0.342 e. The van der Waals surface area contributed by atoms with Crippen molar-refractivity contribution in [3.8, 4) is 0 Å². The first-order valence-electron chi connectivity index (χ1n) is 18.6. The zero-order valence-corrected chi connectivity index (χ0v) is 31.8. The van der Waals surface area contributed by atoms with E-state index in [1.54, 1.807) is 0 Å². The van der Waals surface area contributed by atoms with E-state index < -0.39 is 31.9 Å². The van der Waals surface area contributed by atoms with Crippen molar-refractivity contribution in [1.29, 1.82) is 0 Å².